The highest BCUT2D eigenvalue weighted by Gasteiger charge is 2.26. The van der Waals surface area contributed by atoms with Crippen LogP contribution in [0.5, 0.6) is 5.75 Å². The highest BCUT2D eigenvalue weighted by molar-refractivity contribution is 5.78. The van der Waals surface area contributed by atoms with Gasteiger partial charge in [-0.2, -0.15) is 0 Å². The highest BCUT2D eigenvalue weighted by atomic mass is 16.5. The van der Waals surface area contributed by atoms with Gasteiger partial charge >= 0.3 is 0 Å². The number of amides is 1. The zero-order valence-corrected chi connectivity index (χ0v) is 12.6. The molecule has 4 nitrogen and oxygen atoms in total. The smallest absolute Gasteiger partial charge is 0.223 e. The zero-order chi connectivity index (χ0) is 14.9. The van der Waals surface area contributed by atoms with E-state index in [9.17, 15) is 9.90 Å². The van der Waals surface area contributed by atoms with E-state index in [4.69, 9.17) is 4.74 Å². The first-order valence-electron chi connectivity index (χ1n) is 7.15. The lowest BCUT2D eigenvalue weighted by atomic mass is 9.93. The van der Waals surface area contributed by atoms with Gasteiger partial charge in [-0.3, -0.25) is 4.79 Å². The third-order valence-electron chi connectivity index (χ3n) is 3.68. The number of hydrogen-bond acceptors (Lipinski definition) is 3. The van der Waals surface area contributed by atoms with Crippen LogP contribution in [0.15, 0.2) is 12.1 Å². The van der Waals surface area contributed by atoms with E-state index in [2.05, 4.69) is 5.32 Å². The molecule has 2 atom stereocenters. The van der Waals surface area contributed by atoms with Gasteiger partial charge in [-0.25, -0.2) is 0 Å². The standard InChI is InChI=1S/C16H23NO3/c1-9(2)16(19)17-14-5-6-20-15-10(3)7-12(11(4)18)8-13(14)15/h7-9,11,14,18H,5-6H2,1-4H3,(H,17,19). The van der Waals surface area contributed by atoms with Crippen LogP contribution < -0.4 is 10.1 Å². The van der Waals surface area contributed by atoms with Gasteiger partial charge in [0.1, 0.15) is 5.75 Å². The zero-order valence-electron chi connectivity index (χ0n) is 12.6. The Morgan fingerprint density at radius 2 is 2.10 bits per heavy atom. The van der Waals surface area contributed by atoms with Crippen LogP contribution in [0.2, 0.25) is 0 Å². The van der Waals surface area contributed by atoms with Gasteiger partial charge in [0, 0.05) is 17.9 Å². The number of hydrogen-bond donors (Lipinski definition) is 2. The predicted molar refractivity (Wildman–Crippen MR) is 77.6 cm³/mol. The number of ether oxygens (including phenoxy) is 1. The molecule has 0 aromatic heterocycles. The monoisotopic (exact) mass is 277 g/mol. The highest BCUT2D eigenvalue weighted by Crippen LogP contribution is 2.37. The largest absolute Gasteiger partial charge is 0.493 e. The van der Waals surface area contributed by atoms with Crippen LogP contribution in [0, 0.1) is 12.8 Å². The number of carbonyl (C=O) groups is 1. The van der Waals surface area contributed by atoms with Crippen LogP contribution in [0.3, 0.4) is 0 Å². The Balaban J connectivity index is 2.36. The summed E-state index contributed by atoms with van der Waals surface area (Å²) in [4.78, 5) is 11.9. The molecule has 4 heteroatoms. The normalized spacial score (nSPS) is 19.2. The Morgan fingerprint density at radius 1 is 1.40 bits per heavy atom. The van der Waals surface area contributed by atoms with Gasteiger partial charge in [-0.15, -0.1) is 0 Å². The van der Waals surface area contributed by atoms with E-state index in [1.807, 2.05) is 32.9 Å². The van der Waals surface area contributed by atoms with E-state index in [1.54, 1.807) is 6.92 Å². The summed E-state index contributed by atoms with van der Waals surface area (Å²) < 4.78 is 5.73. The van der Waals surface area contributed by atoms with Crippen molar-refractivity contribution < 1.29 is 14.6 Å². The molecule has 0 saturated carbocycles. The summed E-state index contributed by atoms with van der Waals surface area (Å²) in [7, 11) is 0. The second kappa shape index (κ2) is 5.83. The minimum atomic E-state index is -0.526. The Morgan fingerprint density at radius 3 is 2.70 bits per heavy atom. The number of nitrogens with one attached hydrogen (secondary N) is 1. The van der Waals surface area contributed by atoms with Crippen molar-refractivity contribution in [1.82, 2.24) is 5.32 Å². The molecule has 1 heterocycles. The fourth-order valence-electron chi connectivity index (χ4n) is 2.45. The van der Waals surface area contributed by atoms with Crippen molar-refractivity contribution in [3.63, 3.8) is 0 Å². The van der Waals surface area contributed by atoms with Gasteiger partial charge in [-0.1, -0.05) is 13.8 Å². The van der Waals surface area contributed by atoms with Crippen LogP contribution in [-0.2, 0) is 4.79 Å². The molecule has 1 aliphatic rings. The predicted octanol–water partition coefficient (Wildman–Crippen LogP) is 2.64. The fraction of sp³-hybridized carbons (Fsp3) is 0.562. The van der Waals surface area contributed by atoms with Crippen molar-refractivity contribution in [2.45, 2.75) is 46.3 Å². The Bertz CT molecular complexity index is 509. The van der Waals surface area contributed by atoms with Crippen LogP contribution >= 0.6 is 0 Å². The maximum atomic E-state index is 11.9. The number of carbonyl (C=O) groups excluding carboxylic acids is 1. The molecule has 2 unspecified atom stereocenters. The molecule has 20 heavy (non-hydrogen) atoms. The molecule has 0 bridgehead atoms. The maximum absolute atomic E-state index is 11.9. The second-order valence-corrected chi connectivity index (χ2v) is 5.79. The molecule has 0 radical (unpaired) electrons. The van der Waals surface area contributed by atoms with Crippen molar-refractivity contribution in [3.8, 4) is 5.75 Å². The maximum Gasteiger partial charge on any atom is 0.223 e. The number of fused-ring (bicyclic) bond motifs is 1. The van der Waals surface area contributed by atoms with Gasteiger partial charge in [-0.05, 0) is 37.1 Å². The number of rotatable bonds is 3. The molecule has 1 amide bonds. The van der Waals surface area contributed by atoms with Gasteiger partial charge < -0.3 is 15.2 Å². The summed E-state index contributed by atoms with van der Waals surface area (Å²) in [5.74, 6) is 0.847. The molecule has 0 fully saturated rings. The summed E-state index contributed by atoms with van der Waals surface area (Å²) in [5, 5.41) is 12.8. The quantitative estimate of drug-likeness (QED) is 0.893. The topological polar surface area (TPSA) is 58.6 Å². The fourth-order valence-corrected chi connectivity index (χ4v) is 2.45. The third-order valence-corrected chi connectivity index (χ3v) is 3.68. The Labute approximate surface area is 120 Å². The molecule has 1 aromatic carbocycles. The molecule has 0 spiro atoms. The number of aliphatic hydroxyl groups is 1. The van der Waals surface area contributed by atoms with Gasteiger partial charge in [0.05, 0.1) is 18.8 Å². The molecule has 2 N–H and O–H groups in total. The van der Waals surface area contributed by atoms with Crippen molar-refractivity contribution in [2.75, 3.05) is 6.61 Å². The van der Waals surface area contributed by atoms with E-state index < -0.39 is 6.10 Å². The summed E-state index contributed by atoms with van der Waals surface area (Å²) in [6, 6.07) is 3.85. The lowest BCUT2D eigenvalue weighted by Crippen LogP contribution is -2.35. The second-order valence-electron chi connectivity index (χ2n) is 5.79. The first-order valence-corrected chi connectivity index (χ1v) is 7.15. The minimum Gasteiger partial charge on any atom is -0.493 e. The molecule has 2 rings (SSSR count). The lowest BCUT2D eigenvalue weighted by Gasteiger charge is -2.29. The first kappa shape index (κ1) is 14.9. The van der Waals surface area contributed by atoms with Crippen LogP contribution in [0.4, 0.5) is 0 Å². The number of aryl methyl sites for hydroxylation is 1. The average molecular weight is 277 g/mol. The van der Waals surface area contributed by atoms with Crippen molar-refractivity contribution in [3.05, 3.63) is 28.8 Å². The molecule has 0 saturated heterocycles. The molecular formula is C16H23NO3. The number of aliphatic hydroxyl groups excluding tert-OH is 1. The third kappa shape index (κ3) is 2.96. The minimum absolute atomic E-state index is 0.0361. The number of benzene rings is 1. The molecule has 1 aromatic rings. The van der Waals surface area contributed by atoms with E-state index in [0.717, 1.165) is 28.9 Å². The Kier molecular flexibility index (Phi) is 4.33. The van der Waals surface area contributed by atoms with Crippen LogP contribution in [0.1, 0.15) is 56.0 Å². The van der Waals surface area contributed by atoms with Crippen molar-refractivity contribution in [2.24, 2.45) is 5.92 Å². The molecule has 110 valence electrons. The van der Waals surface area contributed by atoms with E-state index in [0.29, 0.717) is 6.61 Å². The SMILES string of the molecule is Cc1cc(C(C)O)cc2c1OCCC2NC(=O)C(C)C. The molecular weight excluding hydrogens is 254 g/mol. The molecule has 0 aliphatic carbocycles. The van der Waals surface area contributed by atoms with Gasteiger partial charge in [0.15, 0.2) is 0 Å². The van der Waals surface area contributed by atoms with Gasteiger partial charge in [0.2, 0.25) is 5.91 Å². The van der Waals surface area contributed by atoms with Crippen LogP contribution in [-0.4, -0.2) is 17.6 Å². The van der Waals surface area contributed by atoms with Crippen LogP contribution in [0.25, 0.3) is 0 Å². The van der Waals surface area contributed by atoms with Crippen molar-refractivity contribution in [1.29, 1.82) is 0 Å². The summed E-state index contributed by atoms with van der Waals surface area (Å²) >= 11 is 0. The van der Waals surface area contributed by atoms with E-state index in [-0.39, 0.29) is 17.9 Å². The van der Waals surface area contributed by atoms with E-state index >= 15 is 0 Å². The molecule has 1 aliphatic heterocycles. The Hall–Kier alpha value is -1.55. The summed E-state index contributed by atoms with van der Waals surface area (Å²) in [6.45, 7) is 8.08. The summed E-state index contributed by atoms with van der Waals surface area (Å²) in [5.41, 5.74) is 2.83. The van der Waals surface area contributed by atoms with E-state index in [1.165, 1.54) is 0 Å². The first-order chi connectivity index (χ1) is 9.40. The summed E-state index contributed by atoms with van der Waals surface area (Å²) in [6.07, 6.45) is 0.233. The van der Waals surface area contributed by atoms with Crippen molar-refractivity contribution >= 4 is 5.91 Å². The average Bonchev–Trinajstić information content (AvgIpc) is 2.39. The lowest BCUT2D eigenvalue weighted by molar-refractivity contribution is -0.124. The van der Waals surface area contributed by atoms with Gasteiger partial charge in [0.25, 0.3) is 0 Å².